The molecular weight excluding hydrogens is 234 g/mol. The van der Waals surface area contributed by atoms with Crippen molar-refractivity contribution in [1.82, 2.24) is 4.90 Å². The van der Waals surface area contributed by atoms with Gasteiger partial charge in [0.15, 0.2) is 0 Å². The normalized spacial score (nSPS) is 17.6. The van der Waals surface area contributed by atoms with E-state index in [0.29, 0.717) is 11.7 Å². The van der Waals surface area contributed by atoms with Crippen LogP contribution in [0, 0.1) is 12.8 Å². The van der Waals surface area contributed by atoms with Crippen LogP contribution in [-0.4, -0.2) is 23.8 Å². The fourth-order valence-electron chi connectivity index (χ4n) is 2.82. The van der Waals surface area contributed by atoms with Crippen LogP contribution in [0.15, 0.2) is 24.3 Å². The van der Waals surface area contributed by atoms with E-state index in [1.165, 1.54) is 11.1 Å². The van der Waals surface area contributed by atoms with E-state index in [1.54, 1.807) is 0 Å². The zero-order valence-corrected chi connectivity index (χ0v) is 12.2. The molecule has 0 radical (unpaired) electrons. The lowest BCUT2D eigenvalue weighted by Crippen LogP contribution is -2.35. The molecule has 0 N–H and O–H groups in total. The van der Waals surface area contributed by atoms with Crippen molar-refractivity contribution < 1.29 is 4.79 Å². The molecule has 104 valence electrons. The van der Waals surface area contributed by atoms with Crippen LogP contribution in [0.4, 0.5) is 0 Å². The average Bonchev–Trinajstić information content (AvgIpc) is 2.42. The Morgan fingerprint density at radius 2 is 1.84 bits per heavy atom. The number of carbonyl (C=O) groups excluding carboxylic acids is 1. The zero-order valence-electron chi connectivity index (χ0n) is 12.2. The van der Waals surface area contributed by atoms with Crippen LogP contribution >= 0.6 is 0 Å². The van der Waals surface area contributed by atoms with Crippen molar-refractivity contribution in [2.45, 2.75) is 46.1 Å². The molecule has 2 nitrogen and oxygen atoms in total. The molecule has 1 aliphatic heterocycles. The standard InChI is InChI=1S/C17H25NO/c1-3-4-17(19)16-9-11-18(12-10-16)13-15-7-5-14(2)6-8-15/h5-8,16H,3-4,9-13H2,1-2H3. The first-order valence-electron chi connectivity index (χ1n) is 7.49. The molecular formula is C17H25NO. The summed E-state index contributed by atoms with van der Waals surface area (Å²) in [6, 6.07) is 8.77. The number of ketones is 1. The van der Waals surface area contributed by atoms with Gasteiger partial charge in [-0.3, -0.25) is 9.69 Å². The monoisotopic (exact) mass is 259 g/mol. The first-order chi connectivity index (χ1) is 9.19. The number of piperidine rings is 1. The molecule has 0 saturated carbocycles. The number of aryl methyl sites for hydroxylation is 1. The van der Waals surface area contributed by atoms with Crippen molar-refractivity contribution in [1.29, 1.82) is 0 Å². The van der Waals surface area contributed by atoms with Gasteiger partial charge in [0, 0.05) is 18.9 Å². The highest BCUT2D eigenvalue weighted by Gasteiger charge is 2.23. The van der Waals surface area contributed by atoms with E-state index in [4.69, 9.17) is 0 Å². The smallest absolute Gasteiger partial charge is 0.136 e. The molecule has 0 spiro atoms. The number of hydrogen-bond acceptors (Lipinski definition) is 2. The second kappa shape index (κ2) is 6.85. The van der Waals surface area contributed by atoms with E-state index >= 15 is 0 Å². The molecule has 1 saturated heterocycles. The highest BCUT2D eigenvalue weighted by atomic mass is 16.1. The highest BCUT2D eigenvalue weighted by Crippen LogP contribution is 2.21. The Bertz CT molecular complexity index is 402. The van der Waals surface area contributed by atoms with Gasteiger partial charge < -0.3 is 0 Å². The van der Waals surface area contributed by atoms with Crippen LogP contribution in [-0.2, 0) is 11.3 Å². The summed E-state index contributed by atoms with van der Waals surface area (Å²) in [4.78, 5) is 14.4. The van der Waals surface area contributed by atoms with Crippen LogP contribution in [0.1, 0.15) is 43.7 Å². The Morgan fingerprint density at radius 1 is 1.21 bits per heavy atom. The van der Waals surface area contributed by atoms with Gasteiger partial charge in [-0.05, 0) is 44.8 Å². The van der Waals surface area contributed by atoms with E-state index in [9.17, 15) is 4.79 Å². The molecule has 0 bridgehead atoms. The van der Waals surface area contributed by atoms with E-state index in [1.807, 2.05) is 0 Å². The number of Topliss-reactive ketones (excluding diaryl/α,β-unsaturated/α-hetero) is 1. The molecule has 0 aliphatic carbocycles. The number of hydrogen-bond donors (Lipinski definition) is 0. The first kappa shape index (κ1) is 14.3. The lowest BCUT2D eigenvalue weighted by molar-refractivity contribution is -0.124. The van der Waals surface area contributed by atoms with Gasteiger partial charge >= 0.3 is 0 Å². The fraction of sp³-hybridized carbons (Fsp3) is 0.588. The van der Waals surface area contributed by atoms with Gasteiger partial charge in [-0.15, -0.1) is 0 Å². The molecule has 19 heavy (non-hydrogen) atoms. The highest BCUT2D eigenvalue weighted by molar-refractivity contribution is 5.81. The molecule has 2 rings (SSSR count). The van der Waals surface area contributed by atoms with Gasteiger partial charge in [-0.1, -0.05) is 36.8 Å². The molecule has 0 unspecified atom stereocenters. The minimum absolute atomic E-state index is 0.328. The van der Waals surface area contributed by atoms with E-state index in [0.717, 1.165) is 45.3 Å². The maximum Gasteiger partial charge on any atom is 0.136 e. The third-order valence-corrected chi connectivity index (χ3v) is 4.07. The second-order valence-electron chi connectivity index (χ2n) is 5.75. The Kier molecular flexibility index (Phi) is 5.15. The average molecular weight is 259 g/mol. The molecule has 1 aromatic carbocycles. The van der Waals surface area contributed by atoms with E-state index in [-0.39, 0.29) is 0 Å². The molecule has 0 atom stereocenters. The van der Waals surface area contributed by atoms with Crippen LogP contribution in [0.5, 0.6) is 0 Å². The van der Waals surface area contributed by atoms with Crippen molar-refractivity contribution in [3.05, 3.63) is 35.4 Å². The third kappa shape index (κ3) is 4.17. The van der Waals surface area contributed by atoms with Gasteiger partial charge in [-0.2, -0.15) is 0 Å². The lowest BCUT2D eigenvalue weighted by Gasteiger charge is -2.31. The number of carbonyl (C=O) groups is 1. The summed E-state index contributed by atoms with van der Waals surface area (Å²) in [6.45, 7) is 7.36. The van der Waals surface area contributed by atoms with Crippen LogP contribution in [0.2, 0.25) is 0 Å². The lowest BCUT2D eigenvalue weighted by atomic mass is 9.90. The Morgan fingerprint density at radius 3 is 2.42 bits per heavy atom. The summed E-state index contributed by atoms with van der Waals surface area (Å²) >= 11 is 0. The number of likely N-dealkylation sites (tertiary alicyclic amines) is 1. The summed E-state index contributed by atoms with van der Waals surface area (Å²) in [5.74, 6) is 0.812. The number of rotatable bonds is 5. The van der Waals surface area contributed by atoms with Gasteiger partial charge in [0.25, 0.3) is 0 Å². The maximum absolute atomic E-state index is 11.9. The topological polar surface area (TPSA) is 20.3 Å². The van der Waals surface area contributed by atoms with Gasteiger partial charge in [-0.25, -0.2) is 0 Å². The molecule has 1 fully saturated rings. The van der Waals surface area contributed by atoms with Crippen LogP contribution in [0.3, 0.4) is 0 Å². The van der Waals surface area contributed by atoms with Gasteiger partial charge in [0.05, 0.1) is 0 Å². The fourth-order valence-corrected chi connectivity index (χ4v) is 2.82. The minimum atomic E-state index is 0.328. The molecule has 0 aromatic heterocycles. The third-order valence-electron chi connectivity index (χ3n) is 4.07. The summed E-state index contributed by atoms with van der Waals surface area (Å²) in [5, 5.41) is 0. The summed E-state index contributed by atoms with van der Waals surface area (Å²) < 4.78 is 0. The number of benzene rings is 1. The largest absolute Gasteiger partial charge is 0.299 e. The predicted molar refractivity (Wildman–Crippen MR) is 79.1 cm³/mol. The molecule has 0 amide bonds. The van der Waals surface area contributed by atoms with Crippen molar-refractivity contribution in [2.75, 3.05) is 13.1 Å². The van der Waals surface area contributed by atoms with E-state index in [2.05, 4.69) is 43.0 Å². The van der Waals surface area contributed by atoms with Crippen LogP contribution in [0.25, 0.3) is 0 Å². The SMILES string of the molecule is CCCC(=O)C1CCN(Cc2ccc(C)cc2)CC1. The van der Waals surface area contributed by atoms with Crippen LogP contribution < -0.4 is 0 Å². The Balaban J connectivity index is 1.80. The van der Waals surface area contributed by atoms with Gasteiger partial charge in [0.2, 0.25) is 0 Å². The summed E-state index contributed by atoms with van der Waals surface area (Å²) in [5.41, 5.74) is 2.69. The molecule has 2 heteroatoms. The van der Waals surface area contributed by atoms with Crippen molar-refractivity contribution in [3.8, 4) is 0 Å². The number of nitrogens with zero attached hydrogens (tertiary/aromatic N) is 1. The summed E-state index contributed by atoms with van der Waals surface area (Å²) in [6.07, 6.45) is 3.85. The first-order valence-corrected chi connectivity index (χ1v) is 7.49. The van der Waals surface area contributed by atoms with E-state index < -0.39 is 0 Å². The molecule has 1 heterocycles. The zero-order chi connectivity index (χ0) is 13.7. The predicted octanol–water partition coefficient (Wildman–Crippen LogP) is 3.58. The maximum atomic E-state index is 11.9. The Hall–Kier alpha value is -1.15. The van der Waals surface area contributed by atoms with Crippen molar-refractivity contribution in [3.63, 3.8) is 0 Å². The summed E-state index contributed by atoms with van der Waals surface area (Å²) in [7, 11) is 0. The molecule has 1 aromatic rings. The molecule has 1 aliphatic rings. The minimum Gasteiger partial charge on any atom is -0.299 e. The second-order valence-corrected chi connectivity index (χ2v) is 5.75. The Labute approximate surface area is 116 Å². The van der Waals surface area contributed by atoms with Crippen molar-refractivity contribution >= 4 is 5.78 Å². The quantitative estimate of drug-likeness (QED) is 0.805. The van der Waals surface area contributed by atoms with Crippen molar-refractivity contribution in [2.24, 2.45) is 5.92 Å². The van der Waals surface area contributed by atoms with Gasteiger partial charge in [0.1, 0.15) is 5.78 Å².